The third kappa shape index (κ3) is 6.26. The molecule has 3 unspecified atom stereocenters. The van der Waals surface area contributed by atoms with Gasteiger partial charge in [-0.25, -0.2) is 9.37 Å². The first-order valence-corrected chi connectivity index (χ1v) is 15.0. The summed E-state index contributed by atoms with van der Waals surface area (Å²) >= 11 is 0. The fourth-order valence-electron chi connectivity index (χ4n) is 7.89. The Hall–Kier alpha value is -2.61. The van der Waals surface area contributed by atoms with Crippen LogP contribution in [0.25, 0.3) is 10.9 Å². The van der Waals surface area contributed by atoms with Gasteiger partial charge in [0.05, 0.1) is 5.52 Å². The second kappa shape index (κ2) is 11.9. The second-order valence-corrected chi connectivity index (χ2v) is 12.7. The zero-order chi connectivity index (χ0) is 27.6. The van der Waals surface area contributed by atoms with Crippen molar-refractivity contribution in [3.63, 3.8) is 0 Å². The van der Waals surface area contributed by atoms with E-state index in [1.54, 1.807) is 12.1 Å². The van der Waals surface area contributed by atoms with Crippen molar-refractivity contribution in [2.75, 3.05) is 6.54 Å². The molecule has 212 valence electrons. The van der Waals surface area contributed by atoms with E-state index in [9.17, 15) is 18.8 Å². The molecule has 1 aromatic heterocycles. The van der Waals surface area contributed by atoms with E-state index in [4.69, 9.17) is 0 Å². The number of fused-ring (bicyclic) bond motifs is 3. The van der Waals surface area contributed by atoms with Crippen LogP contribution in [0.1, 0.15) is 103 Å². The third-order valence-corrected chi connectivity index (χ3v) is 9.18. The van der Waals surface area contributed by atoms with Gasteiger partial charge in [0.25, 0.3) is 5.56 Å². The van der Waals surface area contributed by atoms with Crippen LogP contribution in [0.5, 0.6) is 0 Å². The van der Waals surface area contributed by atoms with Gasteiger partial charge in [-0.15, -0.1) is 0 Å². The molecule has 2 saturated carbocycles. The summed E-state index contributed by atoms with van der Waals surface area (Å²) < 4.78 is 15.9. The summed E-state index contributed by atoms with van der Waals surface area (Å²) in [4.78, 5) is 42.3. The number of carbonyl (C=O) groups is 2. The van der Waals surface area contributed by atoms with Crippen molar-refractivity contribution in [3.8, 4) is 0 Å². The van der Waals surface area contributed by atoms with Gasteiger partial charge >= 0.3 is 0 Å². The van der Waals surface area contributed by atoms with Crippen LogP contribution in [-0.2, 0) is 16.0 Å². The first-order chi connectivity index (χ1) is 18.7. The summed E-state index contributed by atoms with van der Waals surface area (Å²) in [6.45, 7) is 5.90. The molecule has 2 N–H and O–H groups in total. The molecule has 1 aliphatic heterocycles. The van der Waals surface area contributed by atoms with Gasteiger partial charge in [-0.2, -0.15) is 0 Å². The minimum atomic E-state index is -0.850. The van der Waals surface area contributed by atoms with Gasteiger partial charge < -0.3 is 5.32 Å². The summed E-state index contributed by atoms with van der Waals surface area (Å²) in [5.74, 6) is 1.50. The highest BCUT2D eigenvalue weighted by Gasteiger charge is 2.43. The molecule has 0 spiro atoms. The van der Waals surface area contributed by atoms with Crippen LogP contribution in [-0.4, -0.2) is 33.4 Å². The Kier molecular flexibility index (Phi) is 8.50. The van der Waals surface area contributed by atoms with Crippen LogP contribution in [0.3, 0.4) is 0 Å². The number of benzene rings is 1. The topological polar surface area (TPSA) is 93.1 Å². The third-order valence-electron chi connectivity index (χ3n) is 9.18. The number of aryl methyl sites for hydroxylation is 1. The van der Waals surface area contributed by atoms with Crippen LogP contribution >= 0.6 is 0 Å². The van der Waals surface area contributed by atoms with Gasteiger partial charge in [-0.05, 0) is 87.8 Å². The van der Waals surface area contributed by atoms with E-state index in [-0.39, 0.29) is 24.1 Å². The maximum absolute atomic E-state index is 14.6. The molecule has 39 heavy (non-hydrogen) atoms. The molecule has 1 aromatic carbocycles. The normalized spacial score (nSPS) is 29.0. The van der Waals surface area contributed by atoms with Crippen LogP contribution in [0.2, 0.25) is 0 Å². The Morgan fingerprint density at radius 1 is 1.03 bits per heavy atom. The van der Waals surface area contributed by atoms with Crippen molar-refractivity contribution in [1.29, 1.82) is 0 Å². The lowest BCUT2D eigenvalue weighted by Crippen LogP contribution is -2.54. The average Bonchev–Trinajstić information content (AvgIpc) is 2.85. The monoisotopic (exact) mass is 538 g/mol. The van der Waals surface area contributed by atoms with Gasteiger partial charge in [0.1, 0.15) is 23.1 Å². The van der Waals surface area contributed by atoms with Crippen molar-refractivity contribution >= 4 is 22.7 Å². The zero-order valence-electron chi connectivity index (χ0n) is 23.4. The lowest BCUT2D eigenvalue weighted by molar-refractivity contribution is -0.135. The van der Waals surface area contributed by atoms with E-state index >= 15 is 0 Å². The standard InChI is InChI=1S/C31H43FN4O3/c1-20-15-22-16-21(2)18-31(17-20,19-22)33-14-7-5-3-4-6-11-26-34-24-10-8-9-23(32)28(24)30(39)36(26)25-12-13-27(37)35-29(25)38/h8-10,20-22,25,33H,3-7,11-19H2,1-2H3,(H,35,37,38). The number of rotatable bonds is 10. The largest absolute Gasteiger partial charge is 0.311 e. The molecule has 2 amide bonds. The van der Waals surface area contributed by atoms with Crippen molar-refractivity contribution in [2.45, 2.75) is 109 Å². The van der Waals surface area contributed by atoms with Crippen LogP contribution < -0.4 is 16.2 Å². The molecule has 2 aromatic rings. The molecule has 3 atom stereocenters. The van der Waals surface area contributed by atoms with Gasteiger partial charge in [-0.1, -0.05) is 39.2 Å². The Morgan fingerprint density at radius 2 is 1.74 bits per heavy atom. The van der Waals surface area contributed by atoms with Crippen molar-refractivity contribution < 1.29 is 14.0 Å². The number of piperidine rings is 1. The number of amides is 2. The SMILES string of the molecule is CC1CC2CC(C)CC(NCCCCCCCc3nc4cccc(F)c4c(=O)n3C3CCC(=O)NC3=O)(C1)C2. The predicted molar refractivity (Wildman–Crippen MR) is 150 cm³/mol. The minimum Gasteiger partial charge on any atom is -0.311 e. The summed E-state index contributed by atoms with van der Waals surface area (Å²) in [6, 6.07) is 3.56. The summed E-state index contributed by atoms with van der Waals surface area (Å²) in [6.07, 6.45) is 12.9. The number of aromatic nitrogens is 2. The molecule has 1 saturated heterocycles. The van der Waals surface area contributed by atoms with Crippen LogP contribution in [0.15, 0.2) is 23.0 Å². The summed E-state index contributed by atoms with van der Waals surface area (Å²) in [7, 11) is 0. The van der Waals surface area contributed by atoms with Crippen molar-refractivity contribution in [2.24, 2.45) is 17.8 Å². The first-order valence-electron chi connectivity index (χ1n) is 15.0. The fraction of sp³-hybridized carbons (Fsp3) is 0.677. The van der Waals surface area contributed by atoms with E-state index in [2.05, 4.69) is 29.5 Å². The summed E-state index contributed by atoms with van der Waals surface area (Å²) in [5.41, 5.74) is 0.102. The van der Waals surface area contributed by atoms with E-state index in [1.807, 2.05) is 0 Å². The molecule has 5 rings (SSSR count). The minimum absolute atomic E-state index is 0.107. The molecule has 7 nitrogen and oxygen atoms in total. The van der Waals surface area contributed by atoms with E-state index in [0.29, 0.717) is 23.3 Å². The number of imide groups is 1. The predicted octanol–water partition coefficient (Wildman–Crippen LogP) is 5.20. The van der Waals surface area contributed by atoms with E-state index in [0.717, 1.165) is 56.4 Å². The molecule has 2 bridgehead atoms. The Bertz CT molecular complexity index is 1250. The van der Waals surface area contributed by atoms with Gasteiger partial charge in [0.15, 0.2) is 0 Å². The molecule has 3 aliphatic rings. The number of hydrogen-bond acceptors (Lipinski definition) is 5. The molecule has 8 heteroatoms. The number of hydrogen-bond donors (Lipinski definition) is 2. The van der Waals surface area contributed by atoms with Crippen molar-refractivity contribution in [1.82, 2.24) is 20.2 Å². The zero-order valence-corrected chi connectivity index (χ0v) is 23.4. The van der Waals surface area contributed by atoms with Gasteiger partial charge in [-0.3, -0.25) is 24.3 Å². The Morgan fingerprint density at radius 3 is 2.49 bits per heavy atom. The number of carbonyl (C=O) groups excluding carboxylic acids is 2. The number of nitrogens with one attached hydrogen (secondary N) is 2. The Labute approximate surface area is 230 Å². The number of unbranched alkanes of at least 4 members (excludes halogenated alkanes) is 4. The molecular formula is C31H43FN4O3. The molecule has 0 radical (unpaired) electrons. The molecule has 2 heterocycles. The molecule has 3 fully saturated rings. The van der Waals surface area contributed by atoms with E-state index in [1.165, 1.54) is 42.7 Å². The Balaban J connectivity index is 1.16. The van der Waals surface area contributed by atoms with Crippen LogP contribution in [0, 0.1) is 23.6 Å². The van der Waals surface area contributed by atoms with Crippen LogP contribution in [0.4, 0.5) is 4.39 Å². The quantitative estimate of drug-likeness (QED) is 0.320. The first kappa shape index (κ1) is 27.9. The highest BCUT2D eigenvalue weighted by molar-refractivity contribution is 5.99. The molecule has 2 aliphatic carbocycles. The fourth-order valence-corrected chi connectivity index (χ4v) is 7.89. The number of halogens is 1. The summed E-state index contributed by atoms with van der Waals surface area (Å²) in [5, 5.41) is 6.19. The second-order valence-electron chi connectivity index (χ2n) is 12.7. The smallest absolute Gasteiger partial charge is 0.265 e. The highest BCUT2D eigenvalue weighted by atomic mass is 19.1. The highest BCUT2D eigenvalue weighted by Crippen LogP contribution is 2.47. The number of nitrogens with zero attached hydrogens (tertiary/aromatic N) is 2. The maximum atomic E-state index is 14.6. The van der Waals surface area contributed by atoms with Gasteiger partial charge in [0, 0.05) is 18.4 Å². The average molecular weight is 539 g/mol. The lowest BCUT2D eigenvalue weighted by Gasteiger charge is -2.50. The lowest BCUT2D eigenvalue weighted by atomic mass is 9.61. The van der Waals surface area contributed by atoms with E-state index < -0.39 is 23.3 Å². The van der Waals surface area contributed by atoms with Crippen molar-refractivity contribution in [3.05, 3.63) is 40.2 Å². The van der Waals surface area contributed by atoms with Gasteiger partial charge in [0.2, 0.25) is 11.8 Å². The molecular weight excluding hydrogens is 495 g/mol. The maximum Gasteiger partial charge on any atom is 0.265 e.